The first kappa shape index (κ1) is 3.20. The number of aryl methyl sites for hydroxylation is 1. The van der Waals surface area contributed by atoms with Crippen LogP contribution in [0.25, 0.3) is 5.69 Å². The lowest BCUT2D eigenvalue weighted by Crippen LogP contribution is -1.98. The molecule has 0 bridgehead atoms. The Morgan fingerprint density at radius 2 is 2.62 bits per heavy atom. The fourth-order valence-electron chi connectivity index (χ4n) is 0.779. The molecular weight excluding hydrogens is 230 g/mol. The zero-order chi connectivity index (χ0) is 16.1. The minimum Gasteiger partial charge on any atom is -0.259 e. The number of halogens is 1. The van der Waals surface area contributed by atoms with Crippen LogP contribution in [0.2, 0.25) is 0 Å². The van der Waals surface area contributed by atoms with E-state index in [4.69, 9.17) is 11.0 Å². The second-order valence-corrected chi connectivity index (χ2v) is 2.91. The molecule has 2 aromatic heterocycles. The highest BCUT2D eigenvalue weighted by atomic mass is 79.9. The van der Waals surface area contributed by atoms with Gasteiger partial charge < -0.3 is 0 Å². The molecule has 2 heterocycles. The van der Waals surface area contributed by atoms with Gasteiger partial charge in [0.15, 0.2) is 0 Å². The summed E-state index contributed by atoms with van der Waals surface area (Å²) < 4.78 is 61.3. The first-order valence-electron chi connectivity index (χ1n) is 7.26. The summed E-state index contributed by atoms with van der Waals surface area (Å²) in [5.41, 5.74) is -0.989. The molecule has 0 N–H and O–H groups in total. The van der Waals surface area contributed by atoms with Crippen molar-refractivity contribution in [1.82, 2.24) is 14.8 Å². The van der Waals surface area contributed by atoms with Crippen molar-refractivity contribution < 1.29 is 11.0 Å². The highest BCUT2D eigenvalue weighted by molar-refractivity contribution is 9.10. The van der Waals surface area contributed by atoms with Crippen LogP contribution in [-0.2, 0) is 0 Å². The summed E-state index contributed by atoms with van der Waals surface area (Å²) in [5, 5.41) is 3.68. The molecule has 0 unspecified atom stereocenters. The minimum absolute atomic E-state index is 0.0277. The molecule has 0 aliphatic heterocycles. The Bertz CT molecular complexity index is 723. The predicted molar refractivity (Wildman–Crippen MR) is 53.8 cm³/mol. The fourth-order valence-corrected chi connectivity index (χ4v) is 1.03. The van der Waals surface area contributed by atoms with Gasteiger partial charge in [-0.25, -0.2) is 4.68 Å². The third kappa shape index (κ3) is 1.62. The molecule has 0 amide bonds. The van der Waals surface area contributed by atoms with Crippen LogP contribution in [0.1, 0.15) is 16.7 Å². The Hall–Kier alpha value is -1.16. The first-order chi connectivity index (χ1) is 9.55. The van der Waals surface area contributed by atoms with E-state index in [2.05, 4.69) is 26.0 Å². The highest BCUT2D eigenvalue weighted by Crippen LogP contribution is 2.13. The van der Waals surface area contributed by atoms with E-state index in [0.717, 1.165) is 4.68 Å². The number of rotatable bonds is 1. The Morgan fingerprint density at radius 1 is 1.69 bits per heavy atom. The lowest BCUT2D eigenvalue weighted by Gasteiger charge is -2.02. The van der Waals surface area contributed by atoms with Gasteiger partial charge in [-0.05, 0) is 34.9 Å². The van der Waals surface area contributed by atoms with Gasteiger partial charge in [0.2, 0.25) is 0 Å². The van der Waals surface area contributed by atoms with Gasteiger partial charge in [0.05, 0.1) is 28.9 Å². The Kier molecular flexibility index (Phi) is 0.813. The van der Waals surface area contributed by atoms with Crippen LogP contribution in [0.15, 0.2) is 35.1 Å². The topological polar surface area (TPSA) is 30.7 Å². The molecule has 0 aliphatic carbocycles. The number of pyridine rings is 1. The zero-order valence-corrected chi connectivity index (χ0v) is 7.81. The molecule has 0 radical (unpaired) electrons. The smallest absolute Gasteiger partial charge is 0.0872 e. The average molecular weight is 246 g/mol. The fraction of sp³-hybridized carbons (Fsp3) is 0.111. The average Bonchev–Trinajstić information content (AvgIpc) is 2.62. The standard InChI is InChI=1S/C9H8BrN3/c1-7-9(3-2-4-11-7)13-6-8(10)5-12-13/h2-6H,1H3/i1D3,2D,3D,4D,5D,6D. The quantitative estimate of drug-likeness (QED) is 0.773. The number of aromatic nitrogens is 3. The molecule has 0 fully saturated rings. The van der Waals surface area contributed by atoms with E-state index >= 15 is 0 Å². The predicted octanol–water partition coefficient (Wildman–Crippen LogP) is 2.34. The van der Waals surface area contributed by atoms with E-state index in [9.17, 15) is 0 Å². The normalized spacial score (nSPS) is 20.1. The van der Waals surface area contributed by atoms with E-state index in [1.807, 2.05) is 0 Å². The maximum absolute atomic E-state index is 7.85. The van der Waals surface area contributed by atoms with Crippen LogP contribution in [0.3, 0.4) is 0 Å². The summed E-state index contributed by atoms with van der Waals surface area (Å²) in [6.07, 6.45) is -1.28. The van der Waals surface area contributed by atoms with Gasteiger partial charge in [-0.2, -0.15) is 5.10 Å². The molecule has 0 aromatic carbocycles. The summed E-state index contributed by atoms with van der Waals surface area (Å²) >= 11 is 2.97. The third-order valence-corrected chi connectivity index (χ3v) is 1.65. The van der Waals surface area contributed by atoms with Crippen molar-refractivity contribution in [3.63, 3.8) is 0 Å². The molecule has 66 valence electrons. The van der Waals surface area contributed by atoms with Crippen LogP contribution >= 0.6 is 15.9 Å². The molecule has 2 aromatic rings. The van der Waals surface area contributed by atoms with Gasteiger partial charge in [-0.15, -0.1) is 0 Å². The van der Waals surface area contributed by atoms with Gasteiger partial charge in [0, 0.05) is 16.5 Å². The largest absolute Gasteiger partial charge is 0.259 e. The molecule has 2 rings (SSSR count). The van der Waals surface area contributed by atoms with Crippen LogP contribution < -0.4 is 0 Å². The Balaban J connectivity index is 2.90. The monoisotopic (exact) mass is 245 g/mol. The van der Waals surface area contributed by atoms with Gasteiger partial charge in [0.25, 0.3) is 0 Å². The van der Waals surface area contributed by atoms with Gasteiger partial charge in [-0.1, -0.05) is 0 Å². The Labute approximate surface area is 95.8 Å². The molecule has 4 heteroatoms. The molecule has 13 heavy (non-hydrogen) atoms. The maximum atomic E-state index is 7.85. The molecule has 0 aliphatic rings. The van der Waals surface area contributed by atoms with E-state index < -0.39 is 30.8 Å². The van der Waals surface area contributed by atoms with Crippen molar-refractivity contribution in [2.75, 3.05) is 0 Å². The lowest BCUT2D eigenvalue weighted by molar-refractivity contribution is 0.861. The maximum Gasteiger partial charge on any atom is 0.0872 e. The summed E-state index contributed by atoms with van der Waals surface area (Å²) in [4.78, 5) is 3.54. The summed E-state index contributed by atoms with van der Waals surface area (Å²) in [6.45, 7) is -2.75. The van der Waals surface area contributed by atoms with Crippen LogP contribution in [-0.4, -0.2) is 14.8 Å². The van der Waals surface area contributed by atoms with Gasteiger partial charge >= 0.3 is 0 Å². The van der Waals surface area contributed by atoms with Crippen molar-refractivity contribution in [3.05, 3.63) is 40.8 Å². The van der Waals surface area contributed by atoms with Crippen molar-refractivity contribution in [2.24, 2.45) is 0 Å². The number of nitrogens with zero attached hydrogens (tertiary/aromatic N) is 3. The summed E-state index contributed by atoms with van der Waals surface area (Å²) in [5.74, 6) is 0. The number of hydrogen-bond donors (Lipinski definition) is 0. The zero-order valence-electron chi connectivity index (χ0n) is 14.2. The Morgan fingerprint density at radius 3 is 3.31 bits per heavy atom. The highest BCUT2D eigenvalue weighted by Gasteiger charge is 2.01. The minimum atomic E-state index is -2.75. The molecule has 0 saturated heterocycles. The molecule has 0 saturated carbocycles. The summed E-state index contributed by atoms with van der Waals surface area (Å²) in [6, 6.07) is -1.15. The van der Waals surface area contributed by atoms with E-state index in [0.29, 0.717) is 0 Å². The van der Waals surface area contributed by atoms with E-state index in [1.165, 1.54) is 0 Å². The van der Waals surface area contributed by atoms with E-state index in [-0.39, 0.29) is 22.5 Å². The van der Waals surface area contributed by atoms with Gasteiger partial charge in [0.1, 0.15) is 0 Å². The lowest BCUT2D eigenvalue weighted by atomic mass is 10.3. The second kappa shape index (κ2) is 3.30. The first-order valence-corrected chi connectivity index (χ1v) is 4.05. The summed E-state index contributed by atoms with van der Waals surface area (Å²) in [7, 11) is 0. The van der Waals surface area contributed by atoms with E-state index in [1.54, 1.807) is 0 Å². The molecule has 0 atom stereocenters. The van der Waals surface area contributed by atoms with Crippen molar-refractivity contribution in [2.45, 2.75) is 6.85 Å². The van der Waals surface area contributed by atoms with Crippen molar-refractivity contribution in [3.8, 4) is 5.69 Å². The molecule has 3 nitrogen and oxygen atoms in total. The SMILES string of the molecule is [2H]c1nc(C([2H])([2H])[2H])c(-n2nc([2H])c(Br)c2[2H])c([2H])c1[2H]. The molecular formula is C9H8BrN3. The van der Waals surface area contributed by atoms with Crippen molar-refractivity contribution >= 4 is 15.9 Å². The van der Waals surface area contributed by atoms with Crippen LogP contribution in [0.5, 0.6) is 0 Å². The second-order valence-electron chi connectivity index (χ2n) is 2.12. The van der Waals surface area contributed by atoms with Crippen molar-refractivity contribution in [1.29, 1.82) is 0 Å². The van der Waals surface area contributed by atoms with Crippen LogP contribution in [0.4, 0.5) is 0 Å². The third-order valence-electron chi connectivity index (χ3n) is 1.29. The molecule has 0 spiro atoms. The number of hydrogen-bond acceptors (Lipinski definition) is 2. The van der Waals surface area contributed by atoms with Gasteiger partial charge in [-0.3, -0.25) is 4.98 Å². The van der Waals surface area contributed by atoms with Crippen LogP contribution in [0, 0.1) is 6.85 Å².